The summed E-state index contributed by atoms with van der Waals surface area (Å²) in [5.74, 6) is 0.0834. The molecule has 0 saturated heterocycles. The summed E-state index contributed by atoms with van der Waals surface area (Å²) < 4.78 is 0. The van der Waals surface area contributed by atoms with E-state index in [9.17, 15) is 4.79 Å². The number of carbonyl (C=O) groups is 1. The Labute approximate surface area is 146 Å². The van der Waals surface area contributed by atoms with Crippen LogP contribution in [0.15, 0.2) is 24.3 Å². The van der Waals surface area contributed by atoms with Gasteiger partial charge in [0.2, 0.25) is 5.91 Å². The molecule has 0 atom stereocenters. The fourth-order valence-electron chi connectivity index (χ4n) is 2.35. The number of para-hydroxylation sites is 1. The maximum Gasteiger partial charge on any atom is 0.220 e. The van der Waals surface area contributed by atoms with Crippen LogP contribution in [0.3, 0.4) is 0 Å². The van der Waals surface area contributed by atoms with Gasteiger partial charge < -0.3 is 16.0 Å². The maximum atomic E-state index is 11.9. The summed E-state index contributed by atoms with van der Waals surface area (Å²) in [6, 6.07) is 7.69. The minimum absolute atomic E-state index is 0. The Morgan fingerprint density at radius 3 is 2.36 bits per heavy atom. The highest BCUT2D eigenvalue weighted by molar-refractivity contribution is 5.85. The van der Waals surface area contributed by atoms with E-state index in [1.54, 1.807) is 0 Å². The van der Waals surface area contributed by atoms with Crippen molar-refractivity contribution >= 4 is 36.4 Å². The number of anilines is 1. The Kier molecular flexibility index (Phi) is 11.3. The molecule has 1 rings (SSSR count). The first kappa shape index (κ1) is 23.3. The molecule has 0 heterocycles. The molecule has 0 aliphatic carbocycles. The van der Waals surface area contributed by atoms with Crippen LogP contribution < -0.4 is 11.1 Å². The minimum atomic E-state index is 0. The van der Waals surface area contributed by atoms with E-state index in [-0.39, 0.29) is 36.1 Å². The lowest BCUT2D eigenvalue weighted by Crippen LogP contribution is -2.40. The largest absolute Gasteiger partial charge is 0.399 e. The zero-order valence-corrected chi connectivity index (χ0v) is 15.5. The summed E-state index contributed by atoms with van der Waals surface area (Å²) in [7, 11) is 4.09. The average Bonchev–Trinajstić information content (AvgIpc) is 2.34. The van der Waals surface area contributed by atoms with Gasteiger partial charge in [-0.25, -0.2) is 0 Å². The van der Waals surface area contributed by atoms with Gasteiger partial charge in [0.15, 0.2) is 0 Å². The van der Waals surface area contributed by atoms with Crippen LogP contribution in [0.2, 0.25) is 0 Å². The molecule has 1 aromatic carbocycles. The van der Waals surface area contributed by atoms with E-state index in [0.29, 0.717) is 19.4 Å². The number of benzene rings is 1. The van der Waals surface area contributed by atoms with Gasteiger partial charge in [0, 0.05) is 25.2 Å². The van der Waals surface area contributed by atoms with Crippen LogP contribution in [-0.2, 0) is 11.2 Å². The summed E-state index contributed by atoms with van der Waals surface area (Å²) in [6.45, 7) is 5.94. The van der Waals surface area contributed by atoms with Crippen molar-refractivity contribution < 1.29 is 4.79 Å². The predicted octanol–water partition coefficient (Wildman–Crippen LogP) is 2.75. The first-order valence-corrected chi connectivity index (χ1v) is 7.05. The summed E-state index contributed by atoms with van der Waals surface area (Å²) in [4.78, 5) is 14.0. The lowest BCUT2D eigenvalue weighted by atomic mass is 9.93. The van der Waals surface area contributed by atoms with Crippen LogP contribution in [0.5, 0.6) is 0 Å². The van der Waals surface area contributed by atoms with Gasteiger partial charge in [0.25, 0.3) is 0 Å². The molecule has 0 aliphatic heterocycles. The molecule has 6 heteroatoms. The van der Waals surface area contributed by atoms with Crippen LogP contribution >= 0.6 is 24.8 Å². The fourth-order valence-corrected chi connectivity index (χ4v) is 2.35. The van der Waals surface area contributed by atoms with Crippen molar-refractivity contribution in [3.8, 4) is 0 Å². The molecular formula is C16H29Cl2N3O. The molecule has 3 N–H and O–H groups in total. The molecule has 0 aromatic heterocycles. The number of aryl methyl sites for hydroxylation is 1. The Morgan fingerprint density at radius 1 is 1.23 bits per heavy atom. The van der Waals surface area contributed by atoms with Crippen LogP contribution in [0.25, 0.3) is 0 Å². The summed E-state index contributed by atoms with van der Waals surface area (Å²) in [5.41, 5.74) is 7.74. The molecule has 128 valence electrons. The van der Waals surface area contributed by atoms with E-state index in [1.165, 1.54) is 0 Å². The second-order valence-electron chi connectivity index (χ2n) is 6.38. The van der Waals surface area contributed by atoms with Gasteiger partial charge in [-0.05, 0) is 37.6 Å². The van der Waals surface area contributed by atoms with E-state index in [2.05, 4.69) is 24.1 Å². The second kappa shape index (κ2) is 10.7. The maximum absolute atomic E-state index is 11.9. The molecule has 1 amide bonds. The normalized spacial score (nSPS) is 10.6. The molecule has 22 heavy (non-hydrogen) atoms. The van der Waals surface area contributed by atoms with Crippen LogP contribution in [0, 0.1) is 5.41 Å². The third kappa shape index (κ3) is 9.13. The van der Waals surface area contributed by atoms with Gasteiger partial charge in [0.05, 0.1) is 0 Å². The number of halogens is 2. The molecule has 4 nitrogen and oxygen atoms in total. The lowest BCUT2D eigenvalue weighted by molar-refractivity contribution is -0.121. The van der Waals surface area contributed by atoms with Crippen LogP contribution in [0.1, 0.15) is 25.8 Å². The highest BCUT2D eigenvalue weighted by Crippen LogP contribution is 2.15. The number of hydrogen-bond donors (Lipinski definition) is 2. The van der Waals surface area contributed by atoms with Gasteiger partial charge in [-0.15, -0.1) is 24.8 Å². The molecule has 0 spiro atoms. The Balaban J connectivity index is 0. The quantitative estimate of drug-likeness (QED) is 0.744. The molecule has 0 fully saturated rings. The standard InChI is InChI=1S/C16H27N3O.2ClH/c1-16(2,12-19(3)4)11-18-15(20)10-9-13-7-5-6-8-14(13)17;;/h5-8H,9-12,17H2,1-4H3,(H,18,20);2*1H. The highest BCUT2D eigenvalue weighted by Gasteiger charge is 2.19. The first-order chi connectivity index (χ1) is 9.30. The van der Waals surface area contributed by atoms with Crippen molar-refractivity contribution in [3.05, 3.63) is 29.8 Å². The van der Waals surface area contributed by atoms with Crippen molar-refractivity contribution in [3.63, 3.8) is 0 Å². The van der Waals surface area contributed by atoms with Gasteiger partial charge in [-0.3, -0.25) is 4.79 Å². The summed E-state index contributed by atoms with van der Waals surface area (Å²) in [6.07, 6.45) is 1.17. The number of nitrogens with one attached hydrogen (secondary N) is 1. The SMILES string of the molecule is CN(C)CC(C)(C)CNC(=O)CCc1ccccc1N.Cl.Cl. The third-order valence-corrected chi connectivity index (χ3v) is 3.18. The second-order valence-corrected chi connectivity index (χ2v) is 6.38. The smallest absolute Gasteiger partial charge is 0.220 e. The molecule has 0 saturated carbocycles. The Morgan fingerprint density at radius 2 is 1.82 bits per heavy atom. The fraction of sp³-hybridized carbons (Fsp3) is 0.562. The van der Waals surface area contributed by atoms with Gasteiger partial charge >= 0.3 is 0 Å². The number of hydrogen-bond acceptors (Lipinski definition) is 3. The van der Waals surface area contributed by atoms with Gasteiger partial charge in [0.1, 0.15) is 0 Å². The molecular weight excluding hydrogens is 321 g/mol. The number of nitrogens with zero attached hydrogens (tertiary/aromatic N) is 1. The van der Waals surface area contributed by atoms with E-state index >= 15 is 0 Å². The number of carbonyl (C=O) groups excluding carboxylic acids is 1. The molecule has 0 bridgehead atoms. The van der Waals surface area contributed by atoms with Crippen molar-refractivity contribution in [2.45, 2.75) is 26.7 Å². The number of nitrogen functional groups attached to an aromatic ring is 1. The monoisotopic (exact) mass is 349 g/mol. The molecule has 0 radical (unpaired) electrons. The van der Waals surface area contributed by atoms with Crippen LogP contribution in [-0.4, -0.2) is 38.0 Å². The first-order valence-electron chi connectivity index (χ1n) is 7.05. The number of amides is 1. The average molecular weight is 350 g/mol. The molecule has 0 unspecified atom stereocenters. The number of nitrogens with two attached hydrogens (primary N) is 1. The minimum Gasteiger partial charge on any atom is -0.399 e. The Bertz CT molecular complexity index is 451. The van der Waals surface area contributed by atoms with Gasteiger partial charge in [-0.2, -0.15) is 0 Å². The topological polar surface area (TPSA) is 58.4 Å². The third-order valence-electron chi connectivity index (χ3n) is 3.18. The predicted molar refractivity (Wildman–Crippen MR) is 99.0 cm³/mol. The van der Waals surface area contributed by atoms with E-state index in [0.717, 1.165) is 17.8 Å². The summed E-state index contributed by atoms with van der Waals surface area (Å²) >= 11 is 0. The number of rotatable bonds is 7. The van der Waals surface area contributed by atoms with E-state index in [4.69, 9.17) is 5.73 Å². The highest BCUT2D eigenvalue weighted by atomic mass is 35.5. The Hall–Kier alpha value is -0.970. The zero-order chi connectivity index (χ0) is 15.2. The lowest BCUT2D eigenvalue weighted by Gasteiger charge is -2.28. The van der Waals surface area contributed by atoms with E-state index < -0.39 is 0 Å². The van der Waals surface area contributed by atoms with E-state index in [1.807, 2.05) is 38.4 Å². The molecule has 1 aromatic rings. The van der Waals surface area contributed by atoms with Crippen molar-refractivity contribution in [2.24, 2.45) is 5.41 Å². The van der Waals surface area contributed by atoms with Gasteiger partial charge in [-0.1, -0.05) is 32.0 Å². The zero-order valence-electron chi connectivity index (χ0n) is 13.9. The molecule has 0 aliphatic rings. The van der Waals surface area contributed by atoms with Crippen molar-refractivity contribution in [2.75, 3.05) is 32.9 Å². The van der Waals surface area contributed by atoms with Crippen molar-refractivity contribution in [1.29, 1.82) is 0 Å². The summed E-state index contributed by atoms with van der Waals surface area (Å²) in [5, 5.41) is 3.01. The van der Waals surface area contributed by atoms with Crippen LogP contribution in [0.4, 0.5) is 5.69 Å². The van der Waals surface area contributed by atoms with Crippen molar-refractivity contribution in [1.82, 2.24) is 10.2 Å².